The third kappa shape index (κ3) is 5.30. The Kier molecular flexibility index (Phi) is 5.36. The van der Waals surface area contributed by atoms with E-state index in [0.717, 1.165) is 0 Å². The van der Waals surface area contributed by atoms with Gasteiger partial charge in [-0.05, 0) is 39.8 Å². The van der Waals surface area contributed by atoms with Crippen molar-refractivity contribution in [3.63, 3.8) is 0 Å². The summed E-state index contributed by atoms with van der Waals surface area (Å²) in [5, 5.41) is 3.18. The van der Waals surface area contributed by atoms with Crippen LogP contribution in [0, 0.1) is 0 Å². The Labute approximate surface area is 118 Å². The molecule has 0 aliphatic rings. The summed E-state index contributed by atoms with van der Waals surface area (Å²) in [5.74, 6) is -0.187. The lowest BCUT2D eigenvalue weighted by Crippen LogP contribution is -2.40. The van der Waals surface area contributed by atoms with Gasteiger partial charge in [0.25, 0.3) is 5.91 Å². The molecule has 4 nitrogen and oxygen atoms in total. The number of halogens is 1. The van der Waals surface area contributed by atoms with Crippen LogP contribution in [0.25, 0.3) is 6.08 Å². The summed E-state index contributed by atoms with van der Waals surface area (Å²) >= 11 is 5.85. The molecule has 0 unspecified atom stereocenters. The minimum atomic E-state index is -0.312. The summed E-state index contributed by atoms with van der Waals surface area (Å²) in [4.78, 5) is 16.2. The summed E-state index contributed by atoms with van der Waals surface area (Å²) in [5.41, 5.74) is 0.832. The number of carbonyl (C=O) groups is 1. The zero-order chi connectivity index (χ0) is 14.5. The first-order valence-corrected chi connectivity index (χ1v) is 6.47. The number of rotatable bonds is 4. The van der Waals surface area contributed by atoms with Crippen LogP contribution in [0.1, 0.15) is 43.6 Å². The topological polar surface area (TPSA) is 51.2 Å². The standard InChI is InChI=1S/C14H19ClN2O2/c1-5-19-7-6-10-9-16-12(15)8-11(10)13(18)17-14(2,3)4/h6-9H,5H2,1-4H3,(H,17,18)/b7-6-. The van der Waals surface area contributed by atoms with Crippen LogP contribution in [-0.4, -0.2) is 23.0 Å². The molecule has 104 valence electrons. The van der Waals surface area contributed by atoms with Crippen LogP contribution in [0.2, 0.25) is 5.15 Å². The molecule has 0 spiro atoms. The molecule has 0 atom stereocenters. The van der Waals surface area contributed by atoms with Crippen molar-refractivity contribution >= 4 is 23.6 Å². The molecule has 0 radical (unpaired) electrons. The summed E-state index contributed by atoms with van der Waals surface area (Å²) in [6, 6.07) is 1.55. The lowest BCUT2D eigenvalue weighted by molar-refractivity contribution is 0.0919. The van der Waals surface area contributed by atoms with Crippen LogP contribution < -0.4 is 5.32 Å². The predicted octanol–water partition coefficient (Wildman–Crippen LogP) is 3.27. The van der Waals surface area contributed by atoms with E-state index in [9.17, 15) is 4.79 Å². The van der Waals surface area contributed by atoms with Crippen LogP contribution in [0.5, 0.6) is 0 Å². The Morgan fingerprint density at radius 2 is 2.21 bits per heavy atom. The van der Waals surface area contributed by atoms with E-state index in [1.54, 1.807) is 24.6 Å². The number of aromatic nitrogens is 1. The van der Waals surface area contributed by atoms with E-state index >= 15 is 0 Å². The molecule has 19 heavy (non-hydrogen) atoms. The second-order valence-corrected chi connectivity index (χ2v) is 5.44. The van der Waals surface area contributed by atoms with Crippen LogP contribution >= 0.6 is 11.6 Å². The second-order valence-electron chi connectivity index (χ2n) is 5.06. The maximum atomic E-state index is 12.2. The fraction of sp³-hybridized carbons (Fsp3) is 0.429. The number of hydrogen-bond donors (Lipinski definition) is 1. The van der Waals surface area contributed by atoms with Crippen molar-refractivity contribution in [2.75, 3.05) is 6.61 Å². The van der Waals surface area contributed by atoms with Crippen molar-refractivity contribution in [3.05, 3.63) is 34.8 Å². The van der Waals surface area contributed by atoms with Crippen molar-refractivity contribution in [2.45, 2.75) is 33.2 Å². The quantitative estimate of drug-likeness (QED) is 0.681. The van der Waals surface area contributed by atoms with E-state index in [4.69, 9.17) is 16.3 Å². The zero-order valence-corrected chi connectivity index (χ0v) is 12.4. The number of nitrogens with one attached hydrogen (secondary N) is 1. The van der Waals surface area contributed by atoms with Crippen LogP contribution in [0.15, 0.2) is 18.5 Å². The van der Waals surface area contributed by atoms with Gasteiger partial charge in [-0.3, -0.25) is 4.79 Å². The Morgan fingerprint density at radius 3 is 2.79 bits per heavy atom. The maximum absolute atomic E-state index is 12.2. The van der Waals surface area contributed by atoms with Crippen molar-refractivity contribution in [1.29, 1.82) is 0 Å². The number of amides is 1. The summed E-state index contributed by atoms with van der Waals surface area (Å²) < 4.78 is 5.13. The number of ether oxygens (including phenoxy) is 1. The normalized spacial score (nSPS) is 11.6. The van der Waals surface area contributed by atoms with Gasteiger partial charge in [-0.15, -0.1) is 0 Å². The first kappa shape index (κ1) is 15.5. The number of pyridine rings is 1. The highest BCUT2D eigenvalue weighted by molar-refractivity contribution is 6.29. The Morgan fingerprint density at radius 1 is 1.53 bits per heavy atom. The van der Waals surface area contributed by atoms with Gasteiger partial charge in [0.15, 0.2) is 0 Å². The molecule has 1 aromatic rings. The van der Waals surface area contributed by atoms with E-state index in [1.807, 2.05) is 27.7 Å². The minimum absolute atomic E-state index is 0.187. The molecule has 1 N–H and O–H groups in total. The summed E-state index contributed by atoms with van der Waals surface area (Å²) in [6.07, 6.45) is 4.79. The fourth-order valence-electron chi connectivity index (χ4n) is 1.40. The van der Waals surface area contributed by atoms with Crippen LogP contribution in [0.4, 0.5) is 0 Å². The minimum Gasteiger partial charge on any atom is -0.501 e. The molecule has 1 aromatic heterocycles. The molecule has 1 amide bonds. The number of nitrogens with zero attached hydrogens (tertiary/aromatic N) is 1. The number of hydrogen-bond acceptors (Lipinski definition) is 3. The lowest BCUT2D eigenvalue weighted by Gasteiger charge is -2.21. The smallest absolute Gasteiger partial charge is 0.252 e. The summed E-state index contributed by atoms with van der Waals surface area (Å²) in [6.45, 7) is 8.22. The Bertz CT molecular complexity index is 479. The van der Waals surface area contributed by atoms with Crippen molar-refractivity contribution in [2.24, 2.45) is 0 Å². The first-order chi connectivity index (χ1) is 8.83. The average molecular weight is 283 g/mol. The largest absolute Gasteiger partial charge is 0.501 e. The highest BCUT2D eigenvalue weighted by Gasteiger charge is 2.17. The predicted molar refractivity (Wildman–Crippen MR) is 77.1 cm³/mol. The highest BCUT2D eigenvalue weighted by atomic mass is 35.5. The van der Waals surface area contributed by atoms with Crippen LogP contribution in [0.3, 0.4) is 0 Å². The SMILES string of the molecule is CCO/C=C\c1cnc(Cl)cc1C(=O)NC(C)(C)C. The maximum Gasteiger partial charge on any atom is 0.252 e. The molecule has 0 aliphatic carbocycles. The van der Waals surface area contributed by atoms with Crippen LogP contribution in [-0.2, 0) is 4.74 Å². The Hall–Kier alpha value is -1.55. The van der Waals surface area contributed by atoms with E-state index in [2.05, 4.69) is 10.3 Å². The first-order valence-electron chi connectivity index (χ1n) is 6.09. The van der Waals surface area contributed by atoms with Gasteiger partial charge in [-0.2, -0.15) is 0 Å². The van der Waals surface area contributed by atoms with E-state index in [-0.39, 0.29) is 16.6 Å². The van der Waals surface area contributed by atoms with Crippen molar-refractivity contribution in [3.8, 4) is 0 Å². The van der Waals surface area contributed by atoms with E-state index in [0.29, 0.717) is 17.7 Å². The van der Waals surface area contributed by atoms with E-state index < -0.39 is 0 Å². The van der Waals surface area contributed by atoms with Gasteiger partial charge in [-0.1, -0.05) is 11.6 Å². The molecule has 5 heteroatoms. The van der Waals surface area contributed by atoms with Crippen molar-refractivity contribution < 1.29 is 9.53 Å². The van der Waals surface area contributed by atoms with Gasteiger partial charge in [0.1, 0.15) is 5.15 Å². The molecule has 0 fully saturated rings. The molecular weight excluding hydrogens is 264 g/mol. The zero-order valence-electron chi connectivity index (χ0n) is 11.7. The monoisotopic (exact) mass is 282 g/mol. The molecule has 0 saturated carbocycles. The molecule has 0 bridgehead atoms. The van der Waals surface area contributed by atoms with Gasteiger partial charge >= 0.3 is 0 Å². The highest BCUT2D eigenvalue weighted by Crippen LogP contribution is 2.16. The third-order valence-electron chi connectivity index (χ3n) is 2.15. The molecule has 0 saturated heterocycles. The molecule has 0 aromatic carbocycles. The van der Waals surface area contributed by atoms with Gasteiger partial charge in [0.2, 0.25) is 0 Å². The fourth-order valence-corrected chi connectivity index (χ4v) is 1.55. The lowest BCUT2D eigenvalue weighted by atomic mass is 10.1. The molecular formula is C14H19ClN2O2. The second kappa shape index (κ2) is 6.57. The van der Waals surface area contributed by atoms with Gasteiger partial charge in [-0.25, -0.2) is 4.98 Å². The van der Waals surface area contributed by atoms with E-state index in [1.165, 1.54) is 0 Å². The molecule has 1 rings (SSSR count). The van der Waals surface area contributed by atoms with Gasteiger partial charge in [0, 0.05) is 17.3 Å². The Balaban J connectivity index is 3.03. The van der Waals surface area contributed by atoms with Gasteiger partial charge < -0.3 is 10.1 Å². The number of carbonyl (C=O) groups excluding carboxylic acids is 1. The average Bonchev–Trinajstić information content (AvgIpc) is 2.29. The van der Waals surface area contributed by atoms with Gasteiger partial charge in [0.05, 0.1) is 18.4 Å². The molecule has 1 heterocycles. The third-order valence-corrected chi connectivity index (χ3v) is 2.35. The summed E-state index contributed by atoms with van der Waals surface area (Å²) in [7, 11) is 0. The molecule has 0 aliphatic heterocycles. The van der Waals surface area contributed by atoms with Crippen molar-refractivity contribution in [1.82, 2.24) is 10.3 Å².